The van der Waals surface area contributed by atoms with Crippen molar-refractivity contribution in [3.05, 3.63) is 0 Å². The number of hydrogen-bond donors (Lipinski definition) is 1. The number of carbonyl (C=O) groups excluding carboxylic acids is 1. The molecule has 0 saturated carbocycles. The van der Waals surface area contributed by atoms with E-state index in [-0.39, 0.29) is 5.97 Å². The van der Waals surface area contributed by atoms with Gasteiger partial charge in [-0.1, -0.05) is 6.92 Å². The normalized spacial score (nSPS) is 13.1. The van der Waals surface area contributed by atoms with Crippen LogP contribution in [-0.4, -0.2) is 68.7 Å². The molecule has 0 aliphatic carbocycles. The maximum Gasteiger partial charge on any atom is 0.322 e. The fourth-order valence-electron chi connectivity index (χ4n) is 1.68. The lowest BCUT2D eigenvalue weighted by Crippen LogP contribution is -2.39. The minimum Gasteiger partial charge on any atom is -0.465 e. The van der Waals surface area contributed by atoms with Crippen LogP contribution in [0.3, 0.4) is 0 Å². The summed E-state index contributed by atoms with van der Waals surface area (Å²) >= 11 is 0. The number of hydrogen-bond acceptors (Lipinski definition) is 5. The van der Waals surface area contributed by atoms with Gasteiger partial charge in [0.1, 0.15) is 6.04 Å². The Morgan fingerprint density at radius 1 is 1.17 bits per heavy atom. The van der Waals surface area contributed by atoms with Gasteiger partial charge in [0.05, 0.1) is 6.61 Å². The van der Waals surface area contributed by atoms with Crippen molar-refractivity contribution in [2.45, 2.75) is 32.7 Å². The first-order chi connectivity index (χ1) is 8.51. The number of carbonyl (C=O) groups is 1. The topological polar surface area (TPSA) is 58.8 Å². The number of ether oxygens (including phenoxy) is 1. The van der Waals surface area contributed by atoms with Crippen molar-refractivity contribution in [1.82, 2.24) is 9.80 Å². The number of nitrogens with two attached hydrogens (primary N) is 1. The average molecular weight is 259 g/mol. The molecule has 0 saturated heterocycles. The van der Waals surface area contributed by atoms with Crippen molar-refractivity contribution < 1.29 is 9.53 Å². The summed E-state index contributed by atoms with van der Waals surface area (Å²) in [6, 6.07) is -0.497. The van der Waals surface area contributed by atoms with Gasteiger partial charge in [-0.3, -0.25) is 4.79 Å². The molecule has 0 amide bonds. The molecule has 0 bridgehead atoms. The second kappa shape index (κ2) is 10.3. The molecule has 0 aromatic rings. The molecule has 0 aliphatic heterocycles. The first-order valence-electron chi connectivity index (χ1n) is 6.80. The number of esters is 1. The van der Waals surface area contributed by atoms with E-state index in [1.807, 2.05) is 0 Å². The Hall–Kier alpha value is -0.650. The van der Waals surface area contributed by atoms with Crippen LogP contribution in [0.4, 0.5) is 0 Å². The summed E-state index contributed by atoms with van der Waals surface area (Å²) in [6.45, 7) is 8.28. The van der Waals surface area contributed by atoms with Crippen LogP contribution in [0.25, 0.3) is 0 Å². The van der Waals surface area contributed by atoms with Crippen molar-refractivity contribution >= 4 is 5.97 Å². The molecule has 2 N–H and O–H groups in total. The summed E-state index contributed by atoms with van der Waals surface area (Å²) in [5.41, 5.74) is 5.79. The summed E-state index contributed by atoms with van der Waals surface area (Å²) in [4.78, 5) is 15.9. The van der Waals surface area contributed by atoms with Gasteiger partial charge in [0.15, 0.2) is 0 Å². The summed E-state index contributed by atoms with van der Waals surface area (Å²) in [6.07, 6.45) is 1.77. The molecule has 0 aliphatic rings. The van der Waals surface area contributed by atoms with Crippen LogP contribution in [0.15, 0.2) is 0 Å². The zero-order valence-corrected chi connectivity index (χ0v) is 12.3. The highest BCUT2D eigenvalue weighted by Crippen LogP contribution is 1.99. The van der Waals surface area contributed by atoms with E-state index in [0.717, 1.165) is 32.6 Å². The number of rotatable bonds is 10. The third-order valence-electron chi connectivity index (χ3n) is 2.75. The van der Waals surface area contributed by atoms with Crippen molar-refractivity contribution in [2.75, 3.05) is 46.9 Å². The fourth-order valence-corrected chi connectivity index (χ4v) is 1.68. The lowest BCUT2D eigenvalue weighted by atomic mass is 10.2. The SMILES string of the molecule is CCCN(CCC(N)C(=O)OCC)CCN(C)C. The minimum atomic E-state index is -0.497. The summed E-state index contributed by atoms with van der Waals surface area (Å²) in [5, 5.41) is 0. The molecular formula is C13H29N3O2. The third-order valence-corrected chi connectivity index (χ3v) is 2.75. The van der Waals surface area contributed by atoms with Gasteiger partial charge >= 0.3 is 5.97 Å². The second-order valence-electron chi connectivity index (χ2n) is 4.79. The van der Waals surface area contributed by atoms with Gasteiger partial charge in [0, 0.05) is 19.6 Å². The van der Waals surface area contributed by atoms with Gasteiger partial charge in [-0.05, 0) is 40.4 Å². The quantitative estimate of drug-likeness (QED) is 0.580. The monoisotopic (exact) mass is 259 g/mol. The van der Waals surface area contributed by atoms with Gasteiger partial charge in [0.2, 0.25) is 0 Å². The summed E-state index contributed by atoms with van der Waals surface area (Å²) in [7, 11) is 4.13. The molecule has 0 rings (SSSR count). The van der Waals surface area contributed by atoms with Crippen molar-refractivity contribution in [2.24, 2.45) is 5.73 Å². The second-order valence-corrected chi connectivity index (χ2v) is 4.79. The number of likely N-dealkylation sites (N-methyl/N-ethyl adjacent to an activating group) is 1. The maximum absolute atomic E-state index is 11.4. The Labute approximate surface area is 111 Å². The highest BCUT2D eigenvalue weighted by molar-refractivity contribution is 5.75. The summed E-state index contributed by atoms with van der Waals surface area (Å²) < 4.78 is 4.90. The average Bonchev–Trinajstić information content (AvgIpc) is 2.32. The Morgan fingerprint density at radius 2 is 1.83 bits per heavy atom. The lowest BCUT2D eigenvalue weighted by Gasteiger charge is -2.24. The largest absolute Gasteiger partial charge is 0.465 e. The lowest BCUT2D eigenvalue weighted by molar-refractivity contribution is -0.144. The maximum atomic E-state index is 11.4. The van der Waals surface area contributed by atoms with Crippen molar-refractivity contribution in [1.29, 1.82) is 0 Å². The summed E-state index contributed by atoms with van der Waals surface area (Å²) in [5.74, 6) is -0.290. The fraction of sp³-hybridized carbons (Fsp3) is 0.923. The van der Waals surface area contributed by atoms with Gasteiger partial charge < -0.3 is 20.3 Å². The Bertz CT molecular complexity index is 222. The molecule has 0 spiro atoms. The van der Waals surface area contributed by atoms with E-state index in [0.29, 0.717) is 13.0 Å². The van der Waals surface area contributed by atoms with Crippen LogP contribution in [0.1, 0.15) is 26.7 Å². The molecule has 0 radical (unpaired) electrons. The van der Waals surface area contributed by atoms with E-state index < -0.39 is 6.04 Å². The van der Waals surface area contributed by atoms with Crippen LogP contribution < -0.4 is 5.73 Å². The van der Waals surface area contributed by atoms with Gasteiger partial charge in [-0.25, -0.2) is 0 Å². The highest BCUT2D eigenvalue weighted by atomic mass is 16.5. The molecule has 0 fully saturated rings. The van der Waals surface area contributed by atoms with Crippen LogP contribution in [0.2, 0.25) is 0 Å². The molecule has 0 heterocycles. The van der Waals surface area contributed by atoms with E-state index in [1.54, 1.807) is 6.92 Å². The molecule has 0 aromatic heterocycles. The molecule has 1 atom stereocenters. The molecule has 5 nitrogen and oxygen atoms in total. The Kier molecular flexibility index (Phi) is 9.92. The molecule has 108 valence electrons. The van der Waals surface area contributed by atoms with Crippen LogP contribution >= 0.6 is 0 Å². The standard InChI is InChI=1S/C13H29N3O2/c1-5-8-16(11-10-15(3)4)9-7-12(14)13(17)18-6-2/h12H,5-11,14H2,1-4H3. The smallest absolute Gasteiger partial charge is 0.322 e. The molecule has 1 unspecified atom stereocenters. The van der Waals surface area contributed by atoms with Crippen molar-refractivity contribution in [3.63, 3.8) is 0 Å². The predicted octanol–water partition coefficient (Wildman–Crippen LogP) is 0.541. The predicted molar refractivity (Wildman–Crippen MR) is 74.5 cm³/mol. The van der Waals surface area contributed by atoms with Crippen LogP contribution in [-0.2, 0) is 9.53 Å². The minimum absolute atomic E-state index is 0.290. The van der Waals surface area contributed by atoms with Gasteiger partial charge in [0.25, 0.3) is 0 Å². The van der Waals surface area contributed by atoms with Crippen LogP contribution in [0, 0.1) is 0 Å². The van der Waals surface area contributed by atoms with E-state index in [1.165, 1.54) is 0 Å². The van der Waals surface area contributed by atoms with Gasteiger partial charge in [-0.15, -0.1) is 0 Å². The highest BCUT2D eigenvalue weighted by Gasteiger charge is 2.15. The molecule has 5 heteroatoms. The first kappa shape index (κ1) is 17.4. The molecule has 0 aromatic carbocycles. The molecular weight excluding hydrogens is 230 g/mol. The molecule has 18 heavy (non-hydrogen) atoms. The van der Waals surface area contributed by atoms with E-state index in [2.05, 4.69) is 30.8 Å². The number of nitrogens with zero attached hydrogens (tertiary/aromatic N) is 2. The third kappa shape index (κ3) is 8.44. The Morgan fingerprint density at radius 3 is 2.33 bits per heavy atom. The van der Waals surface area contributed by atoms with Crippen LogP contribution in [0.5, 0.6) is 0 Å². The van der Waals surface area contributed by atoms with E-state index in [9.17, 15) is 4.79 Å². The first-order valence-corrected chi connectivity index (χ1v) is 6.80. The van der Waals surface area contributed by atoms with E-state index in [4.69, 9.17) is 10.5 Å². The van der Waals surface area contributed by atoms with E-state index >= 15 is 0 Å². The Balaban J connectivity index is 3.97. The zero-order valence-electron chi connectivity index (χ0n) is 12.3. The van der Waals surface area contributed by atoms with Crippen molar-refractivity contribution in [3.8, 4) is 0 Å². The zero-order chi connectivity index (χ0) is 14.0. The van der Waals surface area contributed by atoms with Gasteiger partial charge in [-0.2, -0.15) is 0 Å².